The zero-order valence-corrected chi connectivity index (χ0v) is 17.5. The molecule has 0 saturated carbocycles. The number of aromatic amines is 1. The second-order valence-electron chi connectivity index (χ2n) is 7.65. The van der Waals surface area contributed by atoms with Gasteiger partial charge in [-0.2, -0.15) is 18.3 Å². The molecule has 1 aliphatic rings. The highest BCUT2D eigenvalue weighted by atomic mass is 19.4. The number of carbonyl (C=O) groups excluding carboxylic acids is 2. The van der Waals surface area contributed by atoms with Gasteiger partial charge >= 0.3 is 12.5 Å². The standard InChI is InChI=1S/C22H16F6N4O3/c23-21(24,25)11-32-18(12-9-29-30-10-12)17(15-6-1-2-7-16(15)20(32)34)19(33)31-13-4-3-5-14(8-13)35-22(26,27)28/h1-10,17-18H,11H2,(H,29,30)(H,31,33)/t17-,18+/m0/s1. The van der Waals surface area contributed by atoms with Crippen LogP contribution in [0.1, 0.15) is 33.4 Å². The number of anilines is 1. The van der Waals surface area contributed by atoms with Crippen molar-refractivity contribution in [2.45, 2.75) is 24.5 Å². The lowest BCUT2D eigenvalue weighted by molar-refractivity contribution is -0.274. The van der Waals surface area contributed by atoms with E-state index in [2.05, 4.69) is 20.3 Å². The summed E-state index contributed by atoms with van der Waals surface area (Å²) in [6.45, 7) is -1.63. The Labute approximate surface area is 193 Å². The van der Waals surface area contributed by atoms with Crippen LogP contribution < -0.4 is 10.1 Å². The molecule has 0 fully saturated rings. The molecule has 0 aliphatic carbocycles. The fourth-order valence-electron chi connectivity index (χ4n) is 4.03. The number of carbonyl (C=O) groups is 2. The summed E-state index contributed by atoms with van der Waals surface area (Å²) in [6.07, 6.45) is -7.26. The summed E-state index contributed by atoms with van der Waals surface area (Å²) >= 11 is 0. The van der Waals surface area contributed by atoms with Crippen LogP contribution in [0.5, 0.6) is 5.75 Å². The van der Waals surface area contributed by atoms with Crippen molar-refractivity contribution in [2.24, 2.45) is 0 Å². The predicted octanol–water partition coefficient (Wildman–Crippen LogP) is 4.79. The number of halogens is 6. The minimum Gasteiger partial charge on any atom is -0.406 e. The number of nitrogens with zero attached hydrogens (tertiary/aromatic N) is 2. The van der Waals surface area contributed by atoms with E-state index in [1.54, 1.807) is 0 Å². The molecular formula is C22H16F6N4O3. The van der Waals surface area contributed by atoms with E-state index < -0.39 is 48.6 Å². The SMILES string of the molecule is O=C(Nc1cccc(OC(F)(F)F)c1)[C@H]1c2ccccc2C(=O)N(CC(F)(F)F)[C@@H]1c1cn[nH]c1. The molecule has 0 unspecified atom stereocenters. The van der Waals surface area contributed by atoms with Crippen LogP contribution in [0.15, 0.2) is 60.9 Å². The topological polar surface area (TPSA) is 87.3 Å². The average molecular weight is 498 g/mol. The second-order valence-corrected chi connectivity index (χ2v) is 7.65. The molecular weight excluding hydrogens is 482 g/mol. The van der Waals surface area contributed by atoms with Gasteiger partial charge in [-0.15, -0.1) is 13.2 Å². The molecule has 35 heavy (non-hydrogen) atoms. The van der Waals surface area contributed by atoms with Crippen LogP contribution >= 0.6 is 0 Å². The van der Waals surface area contributed by atoms with Crippen molar-refractivity contribution in [3.63, 3.8) is 0 Å². The normalized spacial score (nSPS) is 18.2. The third-order valence-electron chi connectivity index (χ3n) is 5.27. The lowest BCUT2D eigenvalue weighted by Crippen LogP contribution is -2.49. The summed E-state index contributed by atoms with van der Waals surface area (Å²) in [7, 11) is 0. The van der Waals surface area contributed by atoms with E-state index in [1.807, 2.05) is 0 Å². The first kappa shape index (κ1) is 24.1. The summed E-state index contributed by atoms with van der Waals surface area (Å²) in [5.74, 6) is -3.70. The van der Waals surface area contributed by atoms with Gasteiger partial charge in [-0.1, -0.05) is 24.3 Å². The highest BCUT2D eigenvalue weighted by molar-refractivity contribution is 6.04. The number of nitrogens with one attached hydrogen (secondary N) is 2. The van der Waals surface area contributed by atoms with Gasteiger partial charge in [-0.25, -0.2) is 0 Å². The molecule has 0 radical (unpaired) electrons. The van der Waals surface area contributed by atoms with Crippen molar-refractivity contribution < 1.29 is 40.7 Å². The fourth-order valence-corrected chi connectivity index (χ4v) is 4.03. The van der Waals surface area contributed by atoms with Crippen LogP contribution in [0.2, 0.25) is 0 Å². The first-order chi connectivity index (χ1) is 16.4. The molecule has 184 valence electrons. The average Bonchev–Trinajstić information content (AvgIpc) is 3.28. The molecule has 2 amide bonds. The zero-order valence-electron chi connectivity index (χ0n) is 17.5. The molecule has 1 aliphatic heterocycles. The number of amides is 2. The minimum atomic E-state index is -4.96. The lowest BCUT2D eigenvalue weighted by Gasteiger charge is -2.41. The lowest BCUT2D eigenvalue weighted by atomic mass is 9.79. The highest BCUT2D eigenvalue weighted by Crippen LogP contribution is 2.44. The van der Waals surface area contributed by atoms with E-state index in [0.29, 0.717) is 4.90 Å². The number of hydrogen-bond acceptors (Lipinski definition) is 4. The summed E-state index contributed by atoms with van der Waals surface area (Å²) in [5, 5.41) is 8.63. The number of alkyl halides is 6. The number of hydrogen-bond donors (Lipinski definition) is 2. The number of H-pyrrole nitrogens is 1. The van der Waals surface area contributed by atoms with Gasteiger partial charge in [0, 0.05) is 29.1 Å². The van der Waals surface area contributed by atoms with Crippen molar-refractivity contribution in [2.75, 3.05) is 11.9 Å². The highest BCUT2D eigenvalue weighted by Gasteiger charge is 2.48. The first-order valence-corrected chi connectivity index (χ1v) is 10.0. The molecule has 2 heterocycles. The third kappa shape index (κ3) is 5.39. The van der Waals surface area contributed by atoms with Crippen molar-refractivity contribution in [3.8, 4) is 5.75 Å². The Balaban J connectivity index is 1.76. The number of benzene rings is 2. The molecule has 13 heteroatoms. The second kappa shape index (κ2) is 8.96. The van der Waals surface area contributed by atoms with E-state index in [9.17, 15) is 35.9 Å². The monoisotopic (exact) mass is 498 g/mol. The first-order valence-electron chi connectivity index (χ1n) is 10.0. The molecule has 1 aromatic heterocycles. The van der Waals surface area contributed by atoms with E-state index in [4.69, 9.17) is 0 Å². The molecule has 3 aromatic rings. The van der Waals surface area contributed by atoms with E-state index >= 15 is 0 Å². The largest absolute Gasteiger partial charge is 0.573 e. The number of ether oxygens (including phenoxy) is 1. The maximum atomic E-state index is 13.4. The summed E-state index contributed by atoms with van der Waals surface area (Å²) in [4.78, 5) is 27.0. The molecule has 4 rings (SSSR count). The Morgan fingerprint density at radius 3 is 2.49 bits per heavy atom. The van der Waals surface area contributed by atoms with E-state index in [0.717, 1.165) is 12.1 Å². The minimum absolute atomic E-state index is 0.0838. The van der Waals surface area contributed by atoms with Gasteiger partial charge in [-0.3, -0.25) is 14.7 Å². The van der Waals surface area contributed by atoms with Crippen LogP contribution in [-0.4, -0.2) is 46.0 Å². The van der Waals surface area contributed by atoms with Gasteiger partial charge in [0.25, 0.3) is 5.91 Å². The quantitative estimate of drug-likeness (QED) is 0.496. The summed E-state index contributed by atoms with van der Waals surface area (Å²) < 4.78 is 81.9. The van der Waals surface area contributed by atoms with Crippen molar-refractivity contribution >= 4 is 17.5 Å². The Morgan fingerprint density at radius 2 is 1.83 bits per heavy atom. The maximum absolute atomic E-state index is 13.4. The van der Waals surface area contributed by atoms with Gasteiger partial charge in [0.05, 0.1) is 18.2 Å². The Kier molecular flexibility index (Phi) is 6.17. The van der Waals surface area contributed by atoms with Crippen LogP contribution in [0.3, 0.4) is 0 Å². The molecule has 0 bridgehead atoms. The van der Waals surface area contributed by atoms with Crippen molar-refractivity contribution in [1.82, 2.24) is 15.1 Å². The summed E-state index contributed by atoms with van der Waals surface area (Å²) in [5.41, 5.74) is 0.138. The fraction of sp³-hybridized carbons (Fsp3) is 0.227. The van der Waals surface area contributed by atoms with Crippen molar-refractivity contribution in [3.05, 3.63) is 77.6 Å². The molecule has 0 spiro atoms. The Morgan fingerprint density at radius 1 is 1.09 bits per heavy atom. The van der Waals surface area contributed by atoms with Gasteiger partial charge in [-0.05, 0) is 23.8 Å². The number of rotatable bonds is 5. The number of fused-ring (bicyclic) bond motifs is 1. The maximum Gasteiger partial charge on any atom is 0.573 e. The smallest absolute Gasteiger partial charge is 0.406 e. The predicted molar refractivity (Wildman–Crippen MR) is 109 cm³/mol. The van der Waals surface area contributed by atoms with Gasteiger partial charge in [0.1, 0.15) is 12.3 Å². The number of aromatic nitrogens is 2. The van der Waals surface area contributed by atoms with Gasteiger partial charge in [0.2, 0.25) is 5.91 Å². The zero-order chi connectivity index (χ0) is 25.4. The van der Waals surface area contributed by atoms with Gasteiger partial charge < -0.3 is 15.0 Å². The molecule has 2 aromatic carbocycles. The summed E-state index contributed by atoms with van der Waals surface area (Å²) in [6, 6.07) is 8.78. The van der Waals surface area contributed by atoms with Crippen LogP contribution in [0, 0.1) is 0 Å². The molecule has 7 nitrogen and oxygen atoms in total. The van der Waals surface area contributed by atoms with Crippen LogP contribution in [-0.2, 0) is 4.79 Å². The Hall–Kier alpha value is -4.03. The van der Waals surface area contributed by atoms with Crippen molar-refractivity contribution in [1.29, 1.82) is 0 Å². The Bertz CT molecular complexity index is 1230. The van der Waals surface area contributed by atoms with E-state index in [1.165, 1.54) is 48.8 Å². The third-order valence-corrected chi connectivity index (χ3v) is 5.27. The van der Waals surface area contributed by atoms with Crippen LogP contribution in [0.4, 0.5) is 32.0 Å². The molecule has 2 atom stereocenters. The molecule has 2 N–H and O–H groups in total. The van der Waals surface area contributed by atoms with Crippen LogP contribution in [0.25, 0.3) is 0 Å². The molecule has 0 saturated heterocycles. The van der Waals surface area contributed by atoms with E-state index in [-0.39, 0.29) is 22.4 Å². The van der Waals surface area contributed by atoms with Gasteiger partial charge in [0.15, 0.2) is 0 Å².